The fourth-order valence-electron chi connectivity index (χ4n) is 2.63. The van der Waals surface area contributed by atoms with Crippen molar-refractivity contribution in [2.24, 2.45) is 0 Å². The summed E-state index contributed by atoms with van der Waals surface area (Å²) in [6.07, 6.45) is 0. The quantitative estimate of drug-likeness (QED) is 0.847. The first-order valence-electron chi connectivity index (χ1n) is 7.49. The summed E-state index contributed by atoms with van der Waals surface area (Å²) in [5.74, 6) is 1.51. The second-order valence-electron chi connectivity index (χ2n) is 5.31. The zero-order chi connectivity index (χ0) is 17.2. The molecule has 0 atom stereocenters. The molecule has 1 aliphatic heterocycles. The lowest BCUT2D eigenvalue weighted by Gasteiger charge is -2.21. The minimum Gasteiger partial charge on any atom is -0.497 e. The Hall–Kier alpha value is -2.25. The van der Waals surface area contributed by atoms with E-state index in [2.05, 4.69) is 0 Å². The van der Waals surface area contributed by atoms with E-state index in [0.717, 1.165) is 11.3 Å². The van der Waals surface area contributed by atoms with Gasteiger partial charge in [-0.2, -0.15) is 4.31 Å². The van der Waals surface area contributed by atoms with Crippen molar-refractivity contribution in [2.75, 3.05) is 27.4 Å². The molecule has 0 saturated heterocycles. The normalized spacial score (nSPS) is 15.1. The van der Waals surface area contributed by atoms with Crippen LogP contribution >= 0.6 is 0 Å². The van der Waals surface area contributed by atoms with Crippen LogP contribution in [-0.4, -0.2) is 40.1 Å². The van der Waals surface area contributed by atoms with Crippen LogP contribution in [0.15, 0.2) is 47.4 Å². The lowest BCUT2D eigenvalue weighted by molar-refractivity contribution is 0.292. The maximum atomic E-state index is 13.1. The number of hydrogen-bond acceptors (Lipinski definition) is 5. The Labute approximate surface area is 141 Å². The molecule has 1 heterocycles. The SMILES string of the molecule is COc1ccc(S(=O)(=O)N2CCOc3ccccc3C2)c(OC)c1. The van der Waals surface area contributed by atoms with Gasteiger partial charge in [0.1, 0.15) is 28.8 Å². The van der Waals surface area contributed by atoms with Crippen molar-refractivity contribution in [1.82, 2.24) is 4.31 Å². The third kappa shape index (κ3) is 3.05. The van der Waals surface area contributed by atoms with Crippen molar-refractivity contribution in [3.63, 3.8) is 0 Å². The van der Waals surface area contributed by atoms with Gasteiger partial charge in [-0.3, -0.25) is 0 Å². The number of hydrogen-bond donors (Lipinski definition) is 0. The van der Waals surface area contributed by atoms with E-state index in [1.54, 1.807) is 12.1 Å². The van der Waals surface area contributed by atoms with Crippen LogP contribution < -0.4 is 14.2 Å². The Morgan fingerprint density at radius 2 is 1.88 bits per heavy atom. The van der Waals surface area contributed by atoms with E-state index in [4.69, 9.17) is 14.2 Å². The average molecular weight is 349 g/mol. The Morgan fingerprint density at radius 3 is 2.62 bits per heavy atom. The lowest BCUT2D eigenvalue weighted by atomic mass is 10.2. The molecule has 0 unspecified atom stereocenters. The van der Waals surface area contributed by atoms with Gasteiger partial charge in [-0.15, -0.1) is 0 Å². The van der Waals surface area contributed by atoms with Crippen molar-refractivity contribution in [1.29, 1.82) is 0 Å². The zero-order valence-electron chi connectivity index (χ0n) is 13.6. The summed E-state index contributed by atoms with van der Waals surface area (Å²) >= 11 is 0. The van der Waals surface area contributed by atoms with Crippen LogP contribution in [0, 0.1) is 0 Å². The fourth-order valence-corrected chi connectivity index (χ4v) is 4.17. The summed E-state index contributed by atoms with van der Waals surface area (Å²) < 4.78 is 43.6. The highest BCUT2D eigenvalue weighted by Crippen LogP contribution is 2.32. The van der Waals surface area contributed by atoms with E-state index < -0.39 is 10.0 Å². The number of fused-ring (bicyclic) bond motifs is 1. The van der Waals surface area contributed by atoms with E-state index in [9.17, 15) is 8.42 Å². The molecule has 0 N–H and O–H groups in total. The molecule has 0 fully saturated rings. The zero-order valence-corrected chi connectivity index (χ0v) is 14.4. The standard InChI is InChI=1S/C17H19NO5S/c1-21-14-7-8-17(16(11-14)22-2)24(19,20)18-9-10-23-15-6-4-3-5-13(15)12-18/h3-8,11H,9-10,12H2,1-2H3. The third-order valence-corrected chi connectivity index (χ3v) is 5.79. The first-order chi connectivity index (χ1) is 11.6. The average Bonchev–Trinajstić information content (AvgIpc) is 2.84. The molecular weight excluding hydrogens is 330 g/mol. The number of nitrogens with zero attached hydrogens (tertiary/aromatic N) is 1. The van der Waals surface area contributed by atoms with Crippen molar-refractivity contribution in [3.8, 4) is 17.2 Å². The third-order valence-electron chi connectivity index (χ3n) is 3.91. The predicted octanol–water partition coefficient (Wildman–Crippen LogP) is 2.29. The van der Waals surface area contributed by atoms with Crippen LogP contribution in [0.25, 0.3) is 0 Å². The van der Waals surface area contributed by atoms with Crippen LogP contribution in [-0.2, 0) is 16.6 Å². The molecule has 0 saturated carbocycles. The van der Waals surface area contributed by atoms with Crippen LogP contribution in [0.4, 0.5) is 0 Å². The summed E-state index contributed by atoms with van der Waals surface area (Å²) in [5, 5.41) is 0. The van der Waals surface area contributed by atoms with Gasteiger partial charge in [0, 0.05) is 24.7 Å². The van der Waals surface area contributed by atoms with Crippen LogP contribution in [0.1, 0.15) is 5.56 Å². The molecule has 6 nitrogen and oxygen atoms in total. The molecule has 0 amide bonds. The Kier molecular flexibility index (Phi) is 4.64. The highest BCUT2D eigenvalue weighted by molar-refractivity contribution is 7.89. The smallest absolute Gasteiger partial charge is 0.247 e. The van der Waals surface area contributed by atoms with Crippen LogP contribution in [0.2, 0.25) is 0 Å². The maximum absolute atomic E-state index is 13.1. The van der Waals surface area contributed by atoms with Gasteiger partial charge in [-0.25, -0.2) is 8.42 Å². The largest absolute Gasteiger partial charge is 0.497 e. The van der Waals surface area contributed by atoms with Gasteiger partial charge in [0.2, 0.25) is 10.0 Å². The highest BCUT2D eigenvalue weighted by Gasteiger charge is 2.30. The van der Waals surface area contributed by atoms with Gasteiger partial charge in [-0.1, -0.05) is 18.2 Å². The number of benzene rings is 2. The Bertz CT molecular complexity index is 835. The first kappa shape index (κ1) is 16.6. The highest BCUT2D eigenvalue weighted by atomic mass is 32.2. The van der Waals surface area contributed by atoms with Crippen molar-refractivity contribution >= 4 is 10.0 Å². The first-order valence-corrected chi connectivity index (χ1v) is 8.93. The number of rotatable bonds is 4. The summed E-state index contributed by atoms with van der Waals surface area (Å²) in [4.78, 5) is 0.116. The lowest BCUT2D eigenvalue weighted by Crippen LogP contribution is -2.32. The Morgan fingerprint density at radius 1 is 1.08 bits per heavy atom. The van der Waals surface area contributed by atoms with E-state index in [1.165, 1.54) is 24.6 Å². The van der Waals surface area contributed by atoms with Gasteiger partial charge >= 0.3 is 0 Å². The topological polar surface area (TPSA) is 65.1 Å². The molecule has 0 aliphatic carbocycles. The van der Waals surface area contributed by atoms with Crippen molar-refractivity contribution in [2.45, 2.75) is 11.4 Å². The van der Waals surface area contributed by atoms with E-state index in [-0.39, 0.29) is 23.7 Å². The summed E-state index contributed by atoms with van der Waals surface area (Å²) in [5.41, 5.74) is 0.839. The molecule has 24 heavy (non-hydrogen) atoms. The second-order valence-corrected chi connectivity index (χ2v) is 7.22. The molecular formula is C17H19NO5S. The number of para-hydroxylation sites is 1. The Balaban J connectivity index is 1.99. The summed E-state index contributed by atoms with van der Waals surface area (Å²) in [6, 6.07) is 12.1. The summed E-state index contributed by atoms with van der Waals surface area (Å²) in [7, 11) is -0.764. The molecule has 2 aromatic carbocycles. The van der Waals surface area contributed by atoms with Gasteiger partial charge in [0.05, 0.1) is 14.2 Å². The van der Waals surface area contributed by atoms with Gasteiger partial charge < -0.3 is 14.2 Å². The van der Waals surface area contributed by atoms with Crippen molar-refractivity contribution in [3.05, 3.63) is 48.0 Å². The van der Waals surface area contributed by atoms with Gasteiger partial charge in [0.25, 0.3) is 0 Å². The maximum Gasteiger partial charge on any atom is 0.247 e. The van der Waals surface area contributed by atoms with E-state index in [0.29, 0.717) is 12.4 Å². The molecule has 0 aromatic heterocycles. The monoisotopic (exact) mass is 349 g/mol. The molecule has 0 radical (unpaired) electrons. The minimum absolute atomic E-state index is 0.116. The van der Waals surface area contributed by atoms with E-state index >= 15 is 0 Å². The second kappa shape index (κ2) is 6.70. The molecule has 7 heteroatoms. The predicted molar refractivity (Wildman–Crippen MR) is 89.1 cm³/mol. The molecule has 3 rings (SSSR count). The fraction of sp³-hybridized carbons (Fsp3) is 0.294. The number of ether oxygens (including phenoxy) is 3. The molecule has 0 spiro atoms. The van der Waals surface area contributed by atoms with Gasteiger partial charge in [-0.05, 0) is 18.2 Å². The summed E-state index contributed by atoms with van der Waals surface area (Å²) in [6.45, 7) is 0.828. The molecule has 2 aromatic rings. The number of methoxy groups -OCH3 is 2. The van der Waals surface area contributed by atoms with Crippen LogP contribution in [0.5, 0.6) is 17.2 Å². The van der Waals surface area contributed by atoms with Crippen LogP contribution in [0.3, 0.4) is 0 Å². The number of sulfonamides is 1. The van der Waals surface area contributed by atoms with E-state index in [1.807, 2.05) is 24.3 Å². The molecule has 1 aliphatic rings. The minimum atomic E-state index is -3.72. The molecule has 0 bridgehead atoms. The van der Waals surface area contributed by atoms with Crippen molar-refractivity contribution < 1.29 is 22.6 Å². The van der Waals surface area contributed by atoms with Gasteiger partial charge in [0.15, 0.2) is 0 Å². The molecule has 128 valence electrons.